The SMILES string of the molecule is CSCCC(NC(=O)CNC(=O)C(N)CCC(N)=O)C(=O)NC(Cc1c[nH]c2ccccc12)C(=O)O. The Hall–Kier alpha value is -3.58. The van der Waals surface area contributed by atoms with Crippen LogP contribution in [0.15, 0.2) is 30.5 Å². The number of benzene rings is 1. The molecule has 0 spiro atoms. The third-order valence-corrected chi connectivity index (χ3v) is 6.08. The van der Waals surface area contributed by atoms with Gasteiger partial charge in [-0.2, -0.15) is 11.8 Å². The summed E-state index contributed by atoms with van der Waals surface area (Å²) in [5, 5.41) is 18.0. The van der Waals surface area contributed by atoms with E-state index in [9.17, 15) is 29.1 Å². The van der Waals surface area contributed by atoms with Gasteiger partial charge in [-0.05, 0) is 36.5 Å². The molecule has 4 amide bonds. The van der Waals surface area contributed by atoms with Gasteiger partial charge in [-0.1, -0.05) is 18.2 Å². The summed E-state index contributed by atoms with van der Waals surface area (Å²) in [6, 6.07) is 4.19. The molecule has 1 aromatic carbocycles. The van der Waals surface area contributed by atoms with Crippen molar-refractivity contribution in [1.29, 1.82) is 0 Å². The first-order valence-corrected chi connectivity index (χ1v) is 12.7. The quantitative estimate of drug-likeness (QED) is 0.158. The molecule has 3 unspecified atom stereocenters. The van der Waals surface area contributed by atoms with Gasteiger partial charge in [-0.25, -0.2) is 4.79 Å². The molecule has 3 atom stereocenters. The van der Waals surface area contributed by atoms with Crippen LogP contribution in [0.25, 0.3) is 10.9 Å². The van der Waals surface area contributed by atoms with Gasteiger partial charge in [0.05, 0.1) is 12.6 Å². The maximum Gasteiger partial charge on any atom is 0.326 e. The van der Waals surface area contributed by atoms with Gasteiger partial charge in [0.25, 0.3) is 0 Å². The number of carbonyl (C=O) groups excluding carboxylic acids is 4. The molecule has 0 radical (unpaired) electrons. The second kappa shape index (κ2) is 14.1. The number of aromatic amines is 1. The average Bonchev–Trinajstić information content (AvgIpc) is 3.25. The lowest BCUT2D eigenvalue weighted by atomic mass is 10.0. The highest BCUT2D eigenvalue weighted by atomic mass is 32.2. The van der Waals surface area contributed by atoms with Crippen LogP contribution in [0.4, 0.5) is 0 Å². The number of amides is 4. The number of para-hydroxylation sites is 1. The van der Waals surface area contributed by atoms with Crippen LogP contribution in [0.1, 0.15) is 24.8 Å². The lowest BCUT2D eigenvalue weighted by Crippen LogP contribution is -2.54. The number of thioether (sulfide) groups is 1. The van der Waals surface area contributed by atoms with E-state index in [4.69, 9.17) is 11.5 Å². The predicted molar refractivity (Wildman–Crippen MR) is 136 cm³/mol. The van der Waals surface area contributed by atoms with Crippen LogP contribution in [-0.2, 0) is 30.4 Å². The van der Waals surface area contributed by atoms with Gasteiger partial charge >= 0.3 is 5.97 Å². The summed E-state index contributed by atoms with van der Waals surface area (Å²) in [6.07, 6.45) is 3.81. The van der Waals surface area contributed by atoms with E-state index in [2.05, 4.69) is 20.9 Å². The van der Waals surface area contributed by atoms with E-state index in [1.165, 1.54) is 11.8 Å². The minimum atomic E-state index is -1.21. The minimum Gasteiger partial charge on any atom is -0.480 e. The van der Waals surface area contributed by atoms with Crippen molar-refractivity contribution in [3.8, 4) is 0 Å². The number of rotatable bonds is 15. The zero-order chi connectivity index (χ0) is 26.7. The summed E-state index contributed by atoms with van der Waals surface area (Å²) < 4.78 is 0. The zero-order valence-electron chi connectivity index (χ0n) is 19.9. The number of aromatic nitrogens is 1. The fraction of sp³-hybridized carbons (Fsp3) is 0.435. The van der Waals surface area contributed by atoms with Crippen molar-refractivity contribution in [2.24, 2.45) is 11.5 Å². The topological polar surface area (TPSA) is 209 Å². The van der Waals surface area contributed by atoms with E-state index in [1.54, 1.807) is 6.20 Å². The Morgan fingerprint density at radius 2 is 1.78 bits per heavy atom. The van der Waals surface area contributed by atoms with Gasteiger partial charge in [-0.15, -0.1) is 0 Å². The molecule has 13 heteroatoms. The molecule has 2 rings (SSSR count). The lowest BCUT2D eigenvalue weighted by Gasteiger charge is -2.21. The van der Waals surface area contributed by atoms with E-state index in [-0.39, 0.29) is 25.7 Å². The summed E-state index contributed by atoms with van der Waals surface area (Å²) in [5.74, 6) is -3.20. The van der Waals surface area contributed by atoms with Gasteiger partial charge in [0, 0.05) is 29.9 Å². The molecule has 9 N–H and O–H groups in total. The summed E-state index contributed by atoms with van der Waals surface area (Å²) >= 11 is 1.46. The fourth-order valence-electron chi connectivity index (χ4n) is 3.47. The van der Waals surface area contributed by atoms with Crippen molar-refractivity contribution in [1.82, 2.24) is 20.9 Å². The van der Waals surface area contributed by atoms with E-state index in [1.807, 2.05) is 30.5 Å². The van der Waals surface area contributed by atoms with Gasteiger partial charge < -0.3 is 37.5 Å². The van der Waals surface area contributed by atoms with Crippen LogP contribution in [0.5, 0.6) is 0 Å². The number of carboxylic acids is 1. The maximum absolute atomic E-state index is 12.9. The van der Waals surface area contributed by atoms with Crippen LogP contribution in [0, 0.1) is 0 Å². The van der Waals surface area contributed by atoms with Crippen LogP contribution in [-0.4, -0.2) is 76.4 Å². The average molecular weight is 521 g/mol. The van der Waals surface area contributed by atoms with Crippen molar-refractivity contribution in [2.45, 2.75) is 43.8 Å². The summed E-state index contributed by atoms with van der Waals surface area (Å²) in [4.78, 5) is 63.1. The number of fused-ring (bicyclic) bond motifs is 1. The normalized spacial score (nSPS) is 13.4. The highest BCUT2D eigenvalue weighted by Gasteiger charge is 2.27. The number of nitrogens with two attached hydrogens (primary N) is 2. The highest BCUT2D eigenvalue weighted by Crippen LogP contribution is 2.19. The standard InChI is InChI=1S/C23H32N6O6S/c1-36-9-8-17(28-20(31)12-27-21(32)15(24)6-7-19(25)30)22(33)29-18(23(34)35)10-13-11-26-16-5-3-2-4-14(13)16/h2-5,11,15,17-18,26H,6-10,12,24H2,1H3,(H2,25,30)(H,27,32)(H,28,31)(H,29,33)(H,34,35). The molecule has 0 aliphatic rings. The molecule has 0 saturated carbocycles. The van der Waals surface area contributed by atoms with Crippen molar-refractivity contribution in [3.05, 3.63) is 36.0 Å². The van der Waals surface area contributed by atoms with E-state index >= 15 is 0 Å². The second-order valence-electron chi connectivity index (χ2n) is 8.19. The molecule has 36 heavy (non-hydrogen) atoms. The van der Waals surface area contributed by atoms with Crippen LogP contribution >= 0.6 is 11.8 Å². The van der Waals surface area contributed by atoms with Gasteiger partial charge in [0.1, 0.15) is 12.1 Å². The number of nitrogens with one attached hydrogen (secondary N) is 4. The largest absolute Gasteiger partial charge is 0.480 e. The molecular weight excluding hydrogens is 488 g/mol. The Balaban J connectivity index is 1.98. The first kappa shape index (κ1) is 28.7. The van der Waals surface area contributed by atoms with Crippen LogP contribution < -0.4 is 27.4 Å². The first-order chi connectivity index (χ1) is 17.1. The maximum atomic E-state index is 12.9. The highest BCUT2D eigenvalue weighted by molar-refractivity contribution is 7.98. The van der Waals surface area contributed by atoms with Gasteiger partial charge in [-0.3, -0.25) is 19.2 Å². The van der Waals surface area contributed by atoms with Crippen molar-refractivity contribution >= 4 is 52.3 Å². The summed E-state index contributed by atoms with van der Waals surface area (Å²) in [7, 11) is 0. The Bertz CT molecular complexity index is 1090. The lowest BCUT2D eigenvalue weighted by molar-refractivity contribution is -0.142. The molecule has 1 heterocycles. The number of primary amides is 1. The summed E-state index contributed by atoms with van der Waals surface area (Å²) in [5.41, 5.74) is 12.3. The number of carbonyl (C=O) groups is 5. The Morgan fingerprint density at radius 3 is 2.44 bits per heavy atom. The number of aliphatic carboxylic acids is 1. The monoisotopic (exact) mass is 520 g/mol. The molecule has 196 valence electrons. The molecule has 0 aliphatic heterocycles. The molecule has 0 fully saturated rings. The third-order valence-electron chi connectivity index (χ3n) is 5.44. The Kier molecular flexibility index (Phi) is 11.2. The van der Waals surface area contributed by atoms with E-state index in [0.717, 1.165) is 16.5 Å². The fourth-order valence-corrected chi connectivity index (χ4v) is 3.94. The Morgan fingerprint density at radius 1 is 1.06 bits per heavy atom. The molecule has 12 nitrogen and oxygen atoms in total. The molecule has 2 aromatic rings. The first-order valence-electron chi connectivity index (χ1n) is 11.3. The van der Waals surface area contributed by atoms with Crippen LogP contribution in [0.3, 0.4) is 0 Å². The summed E-state index contributed by atoms with van der Waals surface area (Å²) in [6.45, 7) is -0.441. The molecular formula is C23H32N6O6S. The van der Waals surface area contributed by atoms with Gasteiger partial charge in [0.2, 0.25) is 23.6 Å². The minimum absolute atomic E-state index is 0.0363. The molecule has 0 bridgehead atoms. The number of hydrogen-bond donors (Lipinski definition) is 7. The number of carboxylic acid groups (broad SMARTS) is 1. The smallest absolute Gasteiger partial charge is 0.326 e. The zero-order valence-corrected chi connectivity index (χ0v) is 20.7. The third kappa shape index (κ3) is 8.89. The number of hydrogen-bond acceptors (Lipinski definition) is 7. The van der Waals surface area contributed by atoms with Gasteiger partial charge in [0.15, 0.2) is 0 Å². The van der Waals surface area contributed by atoms with Crippen molar-refractivity contribution in [3.63, 3.8) is 0 Å². The molecule has 0 aliphatic carbocycles. The second-order valence-corrected chi connectivity index (χ2v) is 9.18. The van der Waals surface area contributed by atoms with E-state index in [0.29, 0.717) is 5.75 Å². The molecule has 1 aromatic heterocycles. The predicted octanol–water partition coefficient (Wildman–Crippen LogP) is -0.773. The van der Waals surface area contributed by atoms with Crippen LogP contribution in [0.2, 0.25) is 0 Å². The molecule has 0 saturated heterocycles. The van der Waals surface area contributed by atoms with E-state index < -0.39 is 54.3 Å². The van der Waals surface area contributed by atoms with Crippen molar-refractivity contribution in [2.75, 3.05) is 18.6 Å². The van der Waals surface area contributed by atoms with Crippen molar-refractivity contribution < 1.29 is 29.1 Å². The Labute approximate surface area is 212 Å². The number of H-pyrrole nitrogens is 1.